The summed E-state index contributed by atoms with van der Waals surface area (Å²) in [5, 5.41) is 2.42. The van der Waals surface area contributed by atoms with E-state index in [0.717, 1.165) is 30.6 Å². The second-order valence-electron chi connectivity index (χ2n) is 5.58. The summed E-state index contributed by atoms with van der Waals surface area (Å²) in [7, 11) is 0. The van der Waals surface area contributed by atoms with E-state index in [0.29, 0.717) is 6.10 Å². The highest BCUT2D eigenvalue weighted by Gasteiger charge is 2.17. The monoisotopic (exact) mass is 266 g/mol. The summed E-state index contributed by atoms with van der Waals surface area (Å²) in [4.78, 5) is 0. The normalized spacial score (nSPS) is 19.7. The summed E-state index contributed by atoms with van der Waals surface area (Å²) in [6.45, 7) is 0.904. The van der Waals surface area contributed by atoms with Gasteiger partial charge in [0.25, 0.3) is 0 Å². The number of hydrogen-bond acceptors (Lipinski definition) is 2. The molecule has 1 aliphatic heterocycles. The molecule has 0 bridgehead atoms. The first-order valence-electron chi connectivity index (χ1n) is 7.42. The molecule has 1 atom stereocenters. The second-order valence-corrected chi connectivity index (χ2v) is 5.58. The highest BCUT2D eigenvalue weighted by molar-refractivity contribution is 6.05. The van der Waals surface area contributed by atoms with Crippen LogP contribution in [0.4, 0.5) is 0 Å². The Hall–Kier alpha value is -1.80. The maximum absolute atomic E-state index is 6.07. The first-order valence-corrected chi connectivity index (χ1v) is 7.42. The highest BCUT2D eigenvalue weighted by atomic mass is 16.5. The third-order valence-electron chi connectivity index (χ3n) is 4.21. The van der Waals surface area contributed by atoms with E-state index in [1.54, 1.807) is 0 Å². The van der Waals surface area contributed by atoms with E-state index in [2.05, 4.69) is 30.3 Å². The molecule has 1 saturated heterocycles. The van der Waals surface area contributed by atoms with Crippen molar-refractivity contribution < 1.29 is 9.15 Å². The minimum absolute atomic E-state index is 0.350. The zero-order chi connectivity index (χ0) is 13.4. The zero-order valence-corrected chi connectivity index (χ0v) is 11.5. The molecule has 0 N–H and O–H groups in total. The Morgan fingerprint density at radius 3 is 2.75 bits per heavy atom. The van der Waals surface area contributed by atoms with Crippen LogP contribution in [0.5, 0.6) is 0 Å². The summed E-state index contributed by atoms with van der Waals surface area (Å²) in [6, 6.07) is 14.7. The third kappa shape index (κ3) is 2.01. The van der Waals surface area contributed by atoms with Crippen molar-refractivity contribution in [2.24, 2.45) is 0 Å². The Bertz CT molecular complexity index is 735. The van der Waals surface area contributed by atoms with Crippen LogP contribution < -0.4 is 0 Å². The first-order chi connectivity index (χ1) is 9.92. The third-order valence-corrected chi connectivity index (χ3v) is 4.21. The fourth-order valence-corrected chi connectivity index (χ4v) is 3.18. The summed E-state index contributed by atoms with van der Waals surface area (Å²) in [6.07, 6.45) is 4.95. The largest absolute Gasteiger partial charge is 0.456 e. The van der Waals surface area contributed by atoms with Crippen molar-refractivity contribution in [1.29, 1.82) is 0 Å². The van der Waals surface area contributed by atoms with Crippen molar-refractivity contribution in [3.63, 3.8) is 0 Å². The summed E-state index contributed by atoms with van der Waals surface area (Å²) in [5.74, 6) is 0. The molecular weight excluding hydrogens is 248 g/mol. The Labute approximate surface area is 118 Å². The van der Waals surface area contributed by atoms with Crippen LogP contribution in [0.3, 0.4) is 0 Å². The maximum Gasteiger partial charge on any atom is 0.138 e. The quantitative estimate of drug-likeness (QED) is 0.671. The van der Waals surface area contributed by atoms with Crippen LogP contribution in [0.25, 0.3) is 21.9 Å². The summed E-state index contributed by atoms with van der Waals surface area (Å²) >= 11 is 0. The number of fused-ring (bicyclic) bond motifs is 3. The van der Waals surface area contributed by atoms with Gasteiger partial charge in [0.05, 0.1) is 6.10 Å². The molecule has 20 heavy (non-hydrogen) atoms. The fraction of sp³-hybridized carbons (Fsp3) is 0.333. The van der Waals surface area contributed by atoms with Crippen LogP contribution >= 0.6 is 0 Å². The van der Waals surface area contributed by atoms with Gasteiger partial charge in [-0.2, -0.15) is 0 Å². The van der Waals surface area contributed by atoms with E-state index in [4.69, 9.17) is 9.15 Å². The lowest BCUT2D eigenvalue weighted by molar-refractivity contribution is 0.0169. The lowest BCUT2D eigenvalue weighted by Crippen LogP contribution is -2.21. The number of para-hydroxylation sites is 2. The number of rotatable bonds is 2. The molecule has 2 aromatic carbocycles. The van der Waals surface area contributed by atoms with Crippen LogP contribution in [-0.2, 0) is 11.2 Å². The average molecular weight is 266 g/mol. The van der Waals surface area contributed by atoms with Gasteiger partial charge in [-0.1, -0.05) is 36.4 Å². The van der Waals surface area contributed by atoms with Gasteiger partial charge in [-0.05, 0) is 30.9 Å². The molecule has 0 saturated carbocycles. The predicted molar refractivity (Wildman–Crippen MR) is 81.0 cm³/mol. The van der Waals surface area contributed by atoms with Crippen molar-refractivity contribution in [2.45, 2.75) is 31.8 Å². The van der Waals surface area contributed by atoms with E-state index < -0.39 is 0 Å². The molecule has 0 radical (unpaired) electrons. The first kappa shape index (κ1) is 12.0. The van der Waals surface area contributed by atoms with Gasteiger partial charge in [-0.15, -0.1) is 0 Å². The molecular formula is C18H18O2. The van der Waals surface area contributed by atoms with Gasteiger partial charge in [0.15, 0.2) is 0 Å². The Kier molecular flexibility index (Phi) is 2.96. The molecule has 1 aromatic heterocycles. The number of benzene rings is 2. The van der Waals surface area contributed by atoms with E-state index in [1.165, 1.54) is 29.2 Å². The second kappa shape index (κ2) is 4.95. The minimum Gasteiger partial charge on any atom is -0.456 e. The van der Waals surface area contributed by atoms with Crippen LogP contribution in [0.15, 0.2) is 46.9 Å². The van der Waals surface area contributed by atoms with E-state index >= 15 is 0 Å². The number of ether oxygens (including phenoxy) is 1. The van der Waals surface area contributed by atoms with E-state index in [9.17, 15) is 0 Å². The minimum atomic E-state index is 0.350. The maximum atomic E-state index is 6.07. The Morgan fingerprint density at radius 1 is 0.950 bits per heavy atom. The van der Waals surface area contributed by atoms with Crippen LogP contribution in [0, 0.1) is 0 Å². The molecule has 102 valence electrons. The topological polar surface area (TPSA) is 22.4 Å². The molecule has 0 aliphatic carbocycles. The summed E-state index contributed by atoms with van der Waals surface area (Å²) < 4.78 is 11.9. The predicted octanol–water partition coefficient (Wildman–Crippen LogP) is 4.70. The van der Waals surface area contributed by atoms with Gasteiger partial charge in [0.1, 0.15) is 11.2 Å². The van der Waals surface area contributed by atoms with Gasteiger partial charge in [-0.25, -0.2) is 0 Å². The SMILES string of the molecule is c1ccc2c(c1)oc1c(CC3CCCCO3)cccc12. The van der Waals surface area contributed by atoms with E-state index in [1.807, 2.05) is 12.1 Å². The smallest absolute Gasteiger partial charge is 0.138 e. The molecule has 0 amide bonds. The van der Waals surface area contributed by atoms with Gasteiger partial charge in [0.2, 0.25) is 0 Å². The van der Waals surface area contributed by atoms with Gasteiger partial charge >= 0.3 is 0 Å². The molecule has 2 heteroatoms. The van der Waals surface area contributed by atoms with E-state index in [-0.39, 0.29) is 0 Å². The molecule has 4 rings (SSSR count). The van der Waals surface area contributed by atoms with Gasteiger partial charge in [-0.3, -0.25) is 0 Å². The number of furan rings is 1. The van der Waals surface area contributed by atoms with Crippen LogP contribution in [0.2, 0.25) is 0 Å². The van der Waals surface area contributed by atoms with Crippen molar-refractivity contribution in [3.05, 3.63) is 48.0 Å². The average Bonchev–Trinajstić information content (AvgIpc) is 2.88. The molecule has 0 spiro atoms. The molecule has 1 aliphatic rings. The summed E-state index contributed by atoms with van der Waals surface area (Å²) in [5.41, 5.74) is 3.27. The molecule has 3 aromatic rings. The molecule has 2 heterocycles. The van der Waals surface area contributed by atoms with Crippen molar-refractivity contribution in [1.82, 2.24) is 0 Å². The standard InChI is InChI=1S/C18H18O2/c1-2-10-17-15(8-1)16-9-5-6-13(18(16)20-17)12-14-7-3-4-11-19-14/h1-2,5-6,8-10,14H,3-4,7,11-12H2. The molecule has 2 nitrogen and oxygen atoms in total. The number of hydrogen-bond donors (Lipinski definition) is 0. The van der Waals surface area contributed by atoms with Crippen molar-refractivity contribution in [3.8, 4) is 0 Å². The van der Waals surface area contributed by atoms with Gasteiger partial charge < -0.3 is 9.15 Å². The lowest BCUT2D eigenvalue weighted by Gasteiger charge is -2.22. The van der Waals surface area contributed by atoms with Crippen LogP contribution in [-0.4, -0.2) is 12.7 Å². The molecule has 1 unspecified atom stereocenters. The highest BCUT2D eigenvalue weighted by Crippen LogP contribution is 2.32. The van der Waals surface area contributed by atoms with Gasteiger partial charge in [0, 0.05) is 23.8 Å². The lowest BCUT2D eigenvalue weighted by atomic mass is 9.99. The molecule has 1 fully saturated rings. The fourth-order valence-electron chi connectivity index (χ4n) is 3.18. The van der Waals surface area contributed by atoms with Crippen molar-refractivity contribution in [2.75, 3.05) is 6.61 Å². The zero-order valence-electron chi connectivity index (χ0n) is 11.5. The van der Waals surface area contributed by atoms with Crippen molar-refractivity contribution >= 4 is 21.9 Å². The van der Waals surface area contributed by atoms with Crippen LogP contribution in [0.1, 0.15) is 24.8 Å². The Balaban J connectivity index is 1.78. The Morgan fingerprint density at radius 2 is 1.85 bits per heavy atom.